The van der Waals surface area contributed by atoms with E-state index in [0.717, 1.165) is 24.1 Å². The van der Waals surface area contributed by atoms with Gasteiger partial charge in [0, 0.05) is 51.5 Å². The summed E-state index contributed by atoms with van der Waals surface area (Å²) in [7, 11) is 0. The molecule has 2 aliphatic rings. The van der Waals surface area contributed by atoms with Crippen LogP contribution in [0.5, 0.6) is 0 Å². The van der Waals surface area contributed by atoms with Crippen LogP contribution in [0, 0.1) is 6.92 Å². The van der Waals surface area contributed by atoms with Gasteiger partial charge in [0.05, 0.1) is 18.2 Å². The second kappa shape index (κ2) is 11.9. The van der Waals surface area contributed by atoms with Crippen LogP contribution < -0.4 is 10.6 Å². The van der Waals surface area contributed by atoms with Crippen LogP contribution >= 0.6 is 0 Å². The van der Waals surface area contributed by atoms with Crippen LogP contribution in [0.3, 0.4) is 0 Å². The van der Waals surface area contributed by atoms with Gasteiger partial charge in [0.15, 0.2) is 0 Å². The molecular formula is C25H37N5O4. The number of likely N-dealkylation sites (N-methyl/N-ethyl adjacent to an activating group) is 1. The van der Waals surface area contributed by atoms with Crippen molar-refractivity contribution in [3.8, 4) is 0 Å². The number of esters is 1. The number of carbonyl (C=O) groups is 3. The molecule has 0 aliphatic carbocycles. The van der Waals surface area contributed by atoms with Crippen molar-refractivity contribution in [3.05, 3.63) is 46.7 Å². The fraction of sp³-hybridized carbons (Fsp3) is 0.560. The lowest BCUT2D eigenvalue weighted by Crippen LogP contribution is -2.51. The first kappa shape index (κ1) is 25.6. The molecule has 3 rings (SSSR count). The fourth-order valence-corrected chi connectivity index (χ4v) is 4.56. The zero-order chi connectivity index (χ0) is 24.7. The first-order valence-electron chi connectivity index (χ1n) is 12.2. The Hall–Kier alpha value is -3.07. The van der Waals surface area contributed by atoms with Gasteiger partial charge in [-0.05, 0) is 39.7 Å². The third kappa shape index (κ3) is 5.88. The van der Waals surface area contributed by atoms with Crippen LogP contribution in [0.1, 0.15) is 44.4 Å². The lowest BCUT2D eigenvalue weighted by atomic mass is 9.93. The second-order valence-electron chi connectivity index (χ2n) is 8.57. The van der Waals surface area contributed by atoms with Crippen molar-refractivity contribution in [1.29, 1.82) is 0 Å². The Kier molecular flexibility index (Phi) is 8.92. The van der Waals surface area contributed by atoms with Crippen molar-refractivity contribution in [2.24, 2.45) is 0 Å². The Morgan fingerprint density at radius 3 is 2.62 bits per heavy atom. The fourth-order valence-electron chi connectivity index (χ4n) is 4.56. The van der Waals surface area contributed by atoms with Crippen molar-refractivity contribution in [1.82, 2.24) is 25.3 Å². The number of amides is 4. The monoisotopic (exact) mass is 471 g/mol. The SMILES string of the molecule is CCNC(=O)N1CCCN(CC2=C(C(=O)OCC)[C@H](c3cccc(C)c3)NC(=O)N2CC)CC1. The molecule has 1 aromatic rings. The molecule has 34 heavy (non-hydrogen) atoms. The predicted molar refractivity (Wildman–Crippen MR) is 130 cm³/mol. The Bertz CT molecular complexity index is 932. The van der Waals surface area contributed by atoms with Crippen molar-refractivity contribution in [3.63, 3.8) is 0 Å². The molecule has 2 heterocycles. The first-order valence-corrected chi connectivity index (χ1v) is 12.2. The van der Waals surface area contributed by atoms with Crippen molar-refractivity contribution in [2.75, 3.05) is 52.4 Å². The Labute approximate surface area is 202 Å². The van der Waals surface area contributed by atoms with Gasteiger partial charge in [-0.3, -0.25) is 9.80 Å². The van der Waals surface area contributed by atoms with Crippen LogP contribution in [0.2, 0.25) is 0 Å². The molecule has 0 radical (unpaired) electrons. The molecule has 186 valence electrons. The normalized spacial score (nSPS) is 19.5. The topological polar surface area (TPSA) is 94.2 Å². The average Bonchev–Trinajstić information content (AvgIpc) is 3.05. The summed E-state index contributed by atoms with van der Waals surface area (Å²) in [5, 5.41) is 5.88. The lowest BCUT2D eigenvalue weighted by molar-refractivity contribution is -0.139. The number of urea groups is 2. The molecule has 2 aliphatic heterocycles. The van der Waals surface area contributed by atoms with Crippen LogP contribution in [0.25, 0.3) is 0 Å². The highest BCUT2D eigenvalue weighted by Crippen LogP contribution is 2.32. The number of carbonyl (C=O) groups excluding carboxylic acids is 3. The predicted octanol–water partition coefficient (Wildman–Crippen LogP) is 2.64. The van der Waals surface area contributed by atoms with Crippen LogP contribution in [-0.4, -0.2) is 85.2 Å². The summed E-state index contributed by atoms with van der Waals surface area (Å²) < 4.78 is 5.46. The zero-order valence-electron chi connectivity index (χ0n) is 20.7. The van der Waals surface area contributed by atoms with E-state index in [0.29, 0.717) is 50.5 Å². The molecule has 0 aromatic heterocycles. The Morgan fingerprint density at radius 2 is 1.94 bits per heavy atom. The van der Waals surface area contributed by atoms with E-state index >= 15 is 0 Å². The van der Waals surface area contributed by atoms with E-state index in [1.54, 1.807) is 11.8 Å². The molecule has 4 amide bonds. The molecule has 9 heteroatoms. The van der Waals surface area contributed by atoms with Crippen LogP contribution in [0.15, 0.2) is 35.5 Å². The first-order chi connectivity index (χ1) is 16.4. The number of hydrogen-bond donors (Lipinski definition) is 2. The van der Waals surface area contributed by atoms with Gasteiger partial charge in [-0.2, -0.15) is 0 Å². The second-order valence-corrected chi connectivity index (χ2v) is 8.57. The summed E-state index contributed by atoms with van der Waals surface area (Å²) >= 11 is 0. The molecule has 1 saturated heterocycles. The lowest BCUT2D eigenvalue weighted by Gasteiger charge is -2.38. The van der Waals surface area contributed by atoms with Gasteiger partial charge < -0.3 is 20.3 Å². The Morgan fingerprint density at radius 1 is 1.15 bits per heavy atom. The van der Waals surface area contributed by atoms with E-state index in [1.165, 1.54) is 0 Å². The van der Waals surface area contributed by atoms with E-state index in [4.69, 9.17) is 4.74 Å². The van der Waals surface area contributed by atoms with E-state index in [2.05, 4.69) is 15.5 Å². The van der Waals surface area contributed by atoms with Gasteiger partial charge >= 0.3 is 18.0 Å². The number of hydrogen-bond acceptors (Lipinski definition) is 5. The number of nitrogens with one attached hydrogen (secondary N) is 2. The smallest absolute Gasteiger partial charge is 0.338 e. The maximum absolute atomic E-state index is 13.2. The van der Waals surface area contributed by atoms with Crippen molar-refractivity contribution >= 4 is 18.0 Å². The molecule has 0 unspecified atom stereocenters. The van der Waals surface area contributed by atoms with Gasteiger partial charge in [0.2, 0.25) is 0 Å². The highest BCUT2D eigenvalue weighted by molar-refractivity contribution is 5.95. The molecule has 1 aromatic carbocycles. The van der Waals surface area contributed by atoms with E-state index < -0.39 is 12.0 Å². The number of ether oxygens (including phenoxy) is 1. The summed E-state index contributed by atoms with van der Waals surface area (Å²) in [6, 6.07) is 6.96. The largest absolute Gasteiger partial charge is 0.463 e. The number of aryl methyl sites for hydroxylation is 1. The van der Waals surface area contributed by atoms with Gasteiger partial charge in [0.1, 0.15) is 0 Å². The van der Waals surface area contributed by atoms with Crippen LogP contribution in [0.4, 0.5) is 9.59 Å². The average molecular weight is 472 g/mol. The van der Waals surface area contributed by atoms with Gasteiger partial charge in [0.25, 0.3) is 0 Å². The molecule has 2 N–H and O–H groups in total. The van der Waals surface area contributed by atoms with Gasteiger partial charge in [-0.25, -0.2) is 14.4 Å². The molecule has 9 nitrogen and oxygen atoms in total. The summed E-state index contributed by atoms with van der Waals surface area (Å²) in [6.07, 6.45) is 0.818. The minimum absolute atomic E-state index is 0.0532. The zero-order valence-corrected chi connectivity index (χ0v) is 20.7. The summed E-state index contributed by atoms with van der Waals surface area (Å²) in [5.41, 5.74) is 3.04. The summed E-state index contributed by atoms with van der Waals surface area (Å²) in [5.74, 6) is -0.416. The third-order valence-electron chi connectivity index (χ3n) is 6.20. The maximum atomic E-state index is 13.2. The Balaban J connectivity index is 1.96. The van der Waals surface area contributed by atoms with Gasteiger partial charge in [-0.1, -0.05) is 29.8 Å². The summed E-state index contributed by atoms with van der Waals surface area (Å²) in [6.45, 7) is 12.0. The van der Waals surface area contributed by atoms with Gasteiger partial charge in [-0.15, -0.1) is 0 Å². The number of nitrogens with zero attached hydrogens (tertiary/aromatic N) is 3. The maximum Gasteiger partial charge on any atom is 0.338 e. The quantitative estimate of drug-likeness (QED) is 0.597. The highest BCUT2D eigenvalue weighted by Gasteiger charge is 2.38. The molecule has 0 spiro atoms. The summed E-state index contributed by atoms with van der Waals surface area (Å²) in [4.78, 5) is 44.3. The number of benzene rings is 1. The molecule has 1 fully saturated rings. The van der Waals surface area contributed by atoms with Crippen LogP contribution in [-0.2, 0) is 9.53 Å². The minimum atomic E-state index is -0.581. The molecular weight excluding hydrogens is 434 g/mol. The van der Waals surface area contributed by atoms with Crippen molar-refractivity contribution < 1.29 is 19.1 Å². The van der Waals surface area contributed by atoms with E-state index in [-0.39, 0.29) is 18.7 Å². The van der Waals surface area contributed by atoms with E-state index in [9.17, 15) is 14.4 Å². The third-order valence-corrected chi connectivity index (χ3v) is 6.20. The molecule has 0 bridgehead atoms. The molecule has 0 saturated carbocycles. The molecule has 1 atom stereocenters. The van der Waals surface area contributed by atoms with E-state index in [1.807, 2.05) is 49.9 Å². The number of rotatable bonds is 7. The minimum Gasteiger partial charge on any atom is -0.463 e. The highest BCUT2D eigenvalue weighted by atomic mass is 16.5. The van der Waals surface area contributed by atoms with Crippen molar-refractivity contribution in [2.45, 2.75) is 40.2 Å². The standard InChI is InChI=1S/C25H37N5O4/c1-5-26-24(32)29-13-9-12-28(14-15-29)17-20-21(23(31)34-7-3)22(27-25(33)30(20)6-2)19-11-8-10-18(4)16-19/h8,10-11,16,22H,5-7,9,12-15,17H2,1-4H3,(H,26,32)(H,27,33)/t22-/m0/s1.